The van der Waals surface area contributed by atoms with E-state index in [9.17, 15) is 4.79 Å². The summed E-state index contributed by atoms with van der Waals surface area (Å²) >= 11 is 4.83. The fourth-order valence-corrected chi connectivity index (χ4v) is 3.47. The lowest BCUT2D eigenvalue weighted by Gasteiger charge is -2.06. The van der Waals surface area contributed by atoms with Gasteiger partial charge < -0.3 is 4.57 Å². The molecule has 134 valence electrons. The highest BCUT2D eigenvalue weighted by Crippen LogP contribution is 2.19. The third-order valence-corrected chi connectivity index (χ3v) is 4.93. The van der Waals surface area contributed by atoms with Crippen molar-refractivity contribution in [2.45, 2.75) is 6.54 Å². The molecule has 0 radical (unpaired) electrons. The van der Waals surface area contributed by atoms with Crippen LogP contribution in [-0.2, 0) is 6.54 Å². The maximum absolute atomic E-state index is 12.2. The van der Waals surface area contributed by atoms with Crippen LogP contribution < -0.4 is 10.2 Å². The summed E-state index contributed by atoms with van der Waals surface area (Å²) in [4.78, 5) is 12.9. The van der Waals surface area contributed by atoms with Crippen LogP contribution in [0.25, 0.3) is 11.3 Å². The summed E-state index contributed by atoms with van der Waals surface area (Å²) in [6.45, 7) is 4.42. The van der Waals surface area contributed by atoms with Crippen molar-refractivity contribution in [3.63, 3.8) is 0 Å². The molecule has 1 heterocycles. The number of carbonyl (C=O) groups excluding carboxylic acids is 1. The Morgan fingerprint density at radius 1 is 1.19 bits per heavy atom. The molecule has 0 spiro atoms. The third-order valence-electron chi connectivity index (χ3n) is 3.54. The Hall–Kier alpha value is -1.96. The van der Waals surface area contributed by atoms with Gasteiger partial charge in [0.2, 0.25) is 4.80 Å². The number of hydrogen-bond donors (Lipinski definition) is 1. The molecule has 0 atom stereocenters. The van der Waals surface area contributed by atoms with Crippen molar-refractivity contribution in [3.05, 3.63) is 87.5 Å². The van der Waals surface area contributed by atoms with Gasteiger partial charge in [-0.3, -0.25) is 4.79 Å². The minimum absolute atomic E-state index is 0. The number of aromatic nitrogens is 1. The standard InChI is InChI=1S/C19H16BrN3OS.BrH/c1-2-12-23-17(14-6-4-3-5-7-14)13-25-19(23)22-21-18(24)15-8-10-16(20)11-9-15;/h2-11,13H,1,12H2,(H,21,24);1H/b22-19+;. The molecule has 0 aliphatic heterocycles. The summed E-state index contributed by atoms with van der Waals surface area (Å²) < 4.78 is 2.95. The summed E-state index contributed by atoms with van der Waals surface area (Å²) in [5.41, 5.74) is 5.32. The van der Waals surface area contributed by atoms with Gasteiger partial charge in [-0.1, -0.05) is 52.3 Å². The maximum Gasteiger partial charge on any atom is 0.271 e. The van der Waals surface area contributed by atoms with Gasteiger partial charge in [-0.05, 0) is 29.8 Å². The van der Waals surface area contributed by atoms with E-state index in [0.29, 0.717) is 16.9 Å². The fraction of sp³-hybridized carbons (Fsp3) is 0.0526. The van der Waals surface area contributed by atoms with Gasteiger partial charge in [0, 0.05) is 22.0 Å². The van der Waals surface area contributed by atoms with Crippen LogP contribution in [0.2, 0.25) is 0 Å². The zero-order valence-electron chi connectivity index (χ0n) is 13.8. The number of halogens is 2. The average molecular weight is 495 g/mol. The van der Waals surface area contributed by atoms with Crippen LogP contribution in [0.4, 0.5) is 0 Å². The average Bonchev–Trinajstić information content (AvgIpc) is 3.04. The van der Waals surface area contributed by atoms with Crippen LogP contribution in [0, 0.1) is 0 Å². The van der Waals surface area contributed by atoms with Gasteiger partial charge in [-0.2, -0.15) is 0 Å². The predicted molar refractivity (Wildman–Crippen MR) is 115 cm³/mol. The minimum Gasteiger partial charge on any atom is -0.311 e. The number of rotatable bonds is 5. The van der Waals surface area contributed by atoms with E-state index in [1.54, 1.807) is 12.1 Å². The highest BCUT2D eigenvalue weighted by molar-refractivity contribution is 9.10. The molecule has 0 bridgehead atoms. The van der Waals surface area contributed by atoms with Gasteiger partial charge in [0.15, 0.2) is 0 Å². The molecule has 26 heavy (non-hydrogen) atoms. The number of amides is 1. The van der Waals surface area contributed by atoms with Crippen LogP contribution in [0.5, 0.6) is 0 Å². The van der Waals surface area contributed by atoms with E-state index in [1.165, 1.54) is 11.3 Å². The Morgan fingerprint density at radius 3 is 2.54 bits per heavy atom. The second kappa shape index (κ2) is 9.66. The van der Waals surface area contributed by atoms with Crippen LogP contribution in [0.1, 0.15) is 10.4 Å². The minimum atomic E-state index is -0.243. The lowest BCUT2D eigenvalue weighted by Crippen LogP contribution is -2.24. The molecule has 3 rings (SSSR count). The summed E-state index contributed by atoms with van der Waals surface area (Å²) in [7, 11) is 0. The number of allylic oxidation sites excluding steroid dienone is 1. The first-order valence-corrected chi connectivity index (χ1v) is 9.30. The van der Waals surface area contributed by atoms with E-state index < -0.39 is 0 Å². The lowest BCUT2D eigenvalue weighted by atomic mass is 10.2. The van der Waals surface area contributed by atoms with Crippen LogP contribution in [0.15, 0.2) is 82.2 Å². The number of nitrogens with zero attached hydrogens (tertiary/aromatic N) is 2. The first kappa shape index (κ1) is 20.4. The second-order valence-corrected chi connectivity index (χ2v) is 6.98. The van der Waals surface area contributed by atoms with Crippen LogP contribution >= 0.6 is 44.2 Å². The van der Waals surface area contributed by atoms with Gasteiger partial charge >= 0.3 is 0 Å². The van der Waals surface area contributed by atoms with E-state index in [-0.39, 0.29) is 22.9 Å². The second-order valence-electron chi connectivity index (χ2n) is 5.23. The highest BCUT2D eigenvalue weighted by atomic mass is 79.9. The molecule has 1 N–H and O–H groups in total. The van der Waals surface area contributed by atoms with Crippen LogP contribution in [0.3, 0.4) is 0 Å². The largest absolute Gasteiger partial charge is 0.311 e. The van der Waals surface area contributed by atoms with Crippen molar-refractivity contribution in [2.24, 2.45) is 5.10 Å². The lowest BCUT2D eigenvalue weighted by molar-refractivity contribution is 0.0953. The highest BCUT2D eigenvalue weighted by Gasteiger charge is 2.08. The number of carbonyl (C=O) groups is 1. The first-order chi connectivity index (χ1) is 12.2. The predicted octanol–water partition coefficient (Wildman–Crippen LogP) is 4.99. The molecule has 2 aromatic carbocycles. The first-order valence-electron chi connectivity index (χ1n) is 7.63. The Kier molecular flexibility index (Phi) is 7.56. The topological polar surface area (TPSA) is 46.4 Å². The zero-order valence-corrected chi connectivity index (χ0v) is 17.9. The van der Waals surface area contributed by atoms with Crippen molar-refractivity contribution < 1.29 is 4.79 Å². The zero-order chi connectivity index (χ0) is 17.6. The molecule has 0 saturated heterocycles. The van der Waals surface area contributed by atoms with Gasteiger partial charge in [0.05, 0.1) is 5.69 Å². The third kappa shape index (κ3) is 4.81. The molecular formula is C19H17Br2N3OS. The molecule has 0 fully saturated rings. The van der Waals surface area contributed by atoms with Crippen LogP contribution in [-0.4, -0.2) is 10.5 Å². The molecule has 1 aromatic heterocycles. The molecule has 0 aliphatic rings. The van der Waals surface area contributed by atoms with Gasteiger partial charge in [0.25, 0.3) is 5.91 Å². The molecule has 0 unspecified atom stereocenters. The Bertz CT molecular complexity index is 947. The quantitative estimate of drug-likeness (QED) is 0.394. The molecule has 1 amide bonds. The molecule has 0 aliphatic carbocycles. The Labute approximate surface area is 174 Å². The monoisotopic (exact) mass is 493 g/mol. The van der Waals surface area contributed by atoms with Crippen molar-refractivity contribution in [1.29, 1.82) is 0 Å². The Morgan fingerprint density at radius 2 is 1.88 bits per heavy atom. The molecule has 7 heteroatoms. The summed E-state index contributed by atoms with van der Waals surface area (Å²) in [5, 5.41) is 6.32. The molecule has 3 aromatic rings. The fourth-order valence-electron chi connectivity index (χ4n) is 2.33. The number of hydrogen-bond acceptors (Lipinski definition) is 3. The van der Waals surface area contributed by atoms with E-state index in [4.69, 9.17) is 0 Å². The smallest absolute Gasteiger partial charge is 0.271 e. The molecule has 4 nitrogen and oxygen atoms in total. The molecular weight excluding hydrogens is 478 g/mol. The Balaban J connectivity index is 0.00000243. The van der Waals surface area contributed by atoms with E-state index in [2.05, 4.69) is 33.0 Å². The van der Waals surface area contributed by atoms with Crippen molar-refractivity contribution in [3.8, 4) is 11.3 Å². The summed E-state index contributed by atoms with van der Waals surface area (Å²) in [5.74, 6) is -0.243. The molecule has 0 saturated carbocycles. The van der Waals surface area contributed by atoms with E-state index in [1.807, 2.05) is 58.5 Å². The van der Waals surface area contributed by atoms with E-state index >= 15 is 0 Å². The maximum atomic E-state index is 12.2. The van der Waals surface area contributed by atoms with Crippen molar-refractivity contribution >= 4 is 50.2 Å². The van der Waals surface area contributed by atoms with Crippen molar-refractivity contribution in [2.75, 3.05) is 0 Å². The van der Waals surface area contributed by atoms with Gasteiger partial charge in [-0.25, -0.2) is 5.43 Å². The summed E-state index contributed by atoms with van der Waals surface area (Å²) in [6.07, 6.45) is 1.81. The normalized spacial score (nSPS) is 10.9. The number of nitrogens with one attached hydrogen (secondary N) is 1. The number of benzene rings is 2. The summed E-state index contributed by atoms with van der Waals surface area (Å²) in [6, 6.07) is 17.2. The van der Waals surface area contributed by atoms with E-state index in [0.717, 1.165) is 15.7 Å². The van der Waals surface area contributed by atoms with Gasteiger partial charge in [-0.15, -0.1) is 40.0 Å². The van der Waals surface area contributed by atoms with Gasteiger partial charge in [0.1, 0.15) is 0 Å². The van der Waals surface area contributed by atoms with Crippen molar-refractivity contribution in [1.82, 2.24) is 9.99 Å². The number of thiazole rings is 1. The SMILES string of the molecule is Br.C=CCn1c(-c2ccccc2)cs/c1=N/NC(=O)c1ccc(Br)cc1.